The molecule has 2 fully saturated rings. The zero-order valence-corrected chi connectivity index (χ0v) is 13.4. The Hall–Kier alpha value is -1.88. The van der Waals surface area contributed by atoms with Gasteiger partial charge in [0.2, 0.25) is 23.6 Å². The Morgan fingerprint density at radius 1 is 0.625 bits per heavy atom. The Bertz CT molecular complexity index is 422. The highest BCUT2D eigenvalue weighted by atomic mass is 16.5. The molecule has 2 heterocycles. The number of amides is 4. The van der Waals surface area contributed by atoms with Crippen LogP contribution in [0.4, 0.5) is 0 Å². The van der Waals surface area contributed by atoms with Crippen molar-refractivity contribution in [2.45, 2.75) is 0 Å². The van der Waals surface area contributed by atoms with E-state index in [1.165, 1.54) is 9.80 Å². The first-order valence-electron chi connectivity index (χ1n) is 7.83. The van der Waals surface area contributed by atoms with Gasteiger partial charge in [0.1, 0.15) is 0 Å². The van der Waals surface area contributed by atoms with E-state index in [-0.39, 0.29) is 76.1 Å². The topological polar surface area (TPSA) is 117 Å². The Kier molecular flexibility index (Phi) is 7.25. The molecule has 134 valence electrons. The zero-order valence-electron chi connectivity index (χ0n) is 13.4. The minimum Gasteiger partial charge on any atom is -0.377 e. The van der Waals surface area contributed by atoms with Crippen LogP contribution in [0, 0.1) is 0 Å². The lowest BCUT2D eigenvalue weighted by molar-refractivity contribution is -0.149. The molecule has 0 saturated carbocycles. The van der Waals surface area contributed by atoms with Crippen LogP contribution in [0.15, 0.2) is 0 Å². The van der Waals surface area contributed by atoms with E-state index in [9.17, 15) is 19.2 Å². The van der Waals surface area contributed by atoms with Gasteiger partial charge in [0.25, 0.3) is 0 Å². The van der Waals surface area contributed by atoms with Gasteiger partial charge in [-0.3, -0.25) is 39.6 Å². The fraction of sp³-hybridized carbons (Fsp3) is 0.714. The van der Waals surface area contributed by atoms with Crippen molar-refractivity contribution < 1.29 is 28.7 Å². The van der Waals surface area contributed by atoms with Crippen molar-refractivity contribution in [3.63, 3.8) is 0 Å². The maximum atomic E-state index is 11.5. The van der Waals surface area contributed by atoms with Gasteiger partial charge in [-0.1, -0.05) is 0 Å². The number of nitrogens with zero attached hydrogens (tertiary/aromatic N) is 2. The standard InChI is InChI=1S/C14H22N4O6/c19-11-7-15-8-12(20)17(11)1-3-23-5-6-24-4-2-18-13(21)9-16-10-14(18)22/h15-16H,1-10H2. The summed E-state index contributed by atoms with van der Waals surface area (Å²) in [5.74, 6) is -1.01. The molecule has 2 rings (SSSR count). The maximum Gasteiger partial charge on any atom is 0.243 e. The van der Waals surface area contributed by atoms with Gasteiger partial charge >= 0.3 is 0 Å². The highest BCUT2D eigenvalue weighted by molar-refractivity contribution is 5.99. The molecule has 0 aromatic heterocycles. The normalized spacial score (nSPS) is 19.3. The van der Waals surface area contributed by atoms with Crippen LogP contribution in [0.5, 0.6) is 0 Å². The molecular formula is C14H22N4O6. The number of imide groups is 2. The summed E-state index contributed by atoms with van der Waals surface area (Å²) in [6.07, 6.45) is 0. The number of nitrogens with one attached hydrogen (secondary N) is 2. The highest BCUT2D eigenvalue weighted by Crippen LogP contribution is 1.97. The first kappa shape index (κ1) is 18.5. The van der Waals surface area contributed by atoms with Crippen molar-refractivity contribution in [1.82, 2.24) is 20.4 Å². The number of carbonyl (C=O) groups is 4. The molecule has 2 aliphatic rings. The van der Waals surface area contributed by atoms with E-state index in [0.29, 0.717) is 13.2 Å². The summed E-state index contributed by atoms with van der Waals surface area (Å²) >= 11 is 0. The molecular weight excluding hydrogens is 320 g/mol. The predicted octanol–water partition coefficient (Wildman–Crippen LogP) is -3.06. The van der Waals surface area contributed by atoms with Crippen LogP contribution in [-0.2, 0) is 28.7 Å². The Labute approximate surface area is 139 Å². The lowest BCUT2D eigenvalue weighted by Gasteiger charge is -2.25. The molecule has 10 heteroatoms. The number of ether oxygens (including phenoxy) is 2. The summed E-state index contributed by atoms with van der Waals surface area (Å²) < 4.78 is 10.6. The van der Waals surface area contributed by atoms with Gasteiger partial charge in [-0.25, -0.2) is 0 Å². The molecule has 2 aliphatic heterocycles. The van der Waals surface area contributed by atoms with Gasteiger partial charge in [0, 0.05) is 0 Å². The maximum absolute atomic E-state index is 11.5. The molecule has 0 unspecified atom stereocenters. The van der Waals surface area contributed by atoms with Crippen molar-refractivity contribution in [3.8, 4) is 0 Å². The molecule has 0 aromatic carbocycles. The number of piperazine rings is 2. The number of rotatable bonds is 9. The van der Waals surface area contributed by atoms with Crippen molar-refractivity contribution in [2.75, 3.05) is 65.7 Å². The molecule has 4 amide bonds. The number of carbonyl (C=O) groups excluding carboxylic acids is 4. The minimum atomic E-state index is -0.253. The molecule has 24 heavy (non-hydrogen) atoms. The molecule has 10 nitrogen and oxygen atoms in total. The lowest BCUT2D eigenvalue weighted by atomic mass is 10.3. The molecule has 0 radical (unpaired) electrons. The molecule has 0 aliphatic carbocycles. The monoisotopic (exact) mass is 342 g/mol. The smallest absolute Gasteiger partial charge is 0.243 e. The second kappa shape index (κ2) is 9.42. The summed E-state index contributed by atoms with van der Waals surface area (Å²) in [5, 5.41) is 5.43. The summed E-state index contributed by atoms with van der Waals surface area (Å²) in [5.41, 5.74) is 0. The molecule has 0 aromatic rings. The van der Waals surface area contributed by atoms with E-state index < -0.39 is 0 Å². The van der Waals surface area contributed by atoms with Crippen molar-refractivity contribution in [2.24, 2.45) is 0 Å². The van der Waals surface area contributed by atoms with Gasteiger partial charge in [0.05, 0.1) is 65.7 Å². The first-order valence-corrected chi connectivity index (χ1v) is 7.83. The third-order valence-electron chi connectivity index (χ3n) is 3.60. The van der Waals surface area contributed by atoms with Crippen LogP contribution in [0.2, 0.25) is 0 Å². The van der Waals surface area contributed by atoms with E-state index in [1.807, 2.05) is 0 Å². The second-order valence-electron chi connectivity index (χ2n) is 5.31. The van der Waals surface area contributed by atoms with Crippen molar-refractivity contribution >= 4 is 23.6 Å². The van der Waals surface area contributed by atoms with Crippen LogP contribution in [0.3, 0.4) is 0 Å². The molecule has 0 spiro atoms. The van der Waals surface area contributed by atoms with Crippen LogP contribution >= 0.6 is 0 Å². The van der Waals surface area contributed by atoms with Gasteiger partial charge in [-0.05, 0) is 0 Å². The first-order chi connectivity index (χ1) is 11.6. The second-order valence-corrected chi connectivity index (χ2v) is 5.31. The molecule has 2 N–H and O–H groups in total. The van der Waals surface area contributed by atoms with E-state index >= 15 is 0 Å². The van der Waals surface area contributed by atoms with E-state index in [0.717, 1.165) is 0 Å². The summed E-state index contributed by atoms with van der Waals surface area (Å²) in [4.78, 5) is 48.4. The van der Waals surface area contributed by atoms with Gasteiger partial charge < -0.3 is 9.47 Å². The van der Waals surface area contributed by atoms with Crippen LogP contribution in [0.1, 0.15) is 0 Å². The Morgan fingerprint density at radius 3 is 1.29 bits per heavy atom. The van der Waals surface area contributed by atoms with E-state index in [2.05, 4.69) is 10.6 Å². The third-order valence-corrected chi connectivity index (χ3v) is 3.60. The summed E-state index contributed by atoms with van der Waals surface area (Å²) in [6.45, 7) is 2.21. The lowest BCUT2D eigenvalue weighted by Crippen LogP contribution is -2.53. The highest BCUT2D eigenvalue weighted by Gasteiger charge is 2.25. The summed E-state index contributed by atoms with van der Waals surface area (Å²) in [6, 6.07) is 0. The average Bonchev–Trinajstić information content (AvgIpc) is 2.54. The predicted molar refractivity (Wildman–Crippen MR) is 80.8 cm³/mol. The van der Waals surface area contributed by atoms with Gasteiger partial charge in [0.15, 0.2) is 0 Å². The zero-order chi connectivity index (χ0) is 17.4. The number of hydrogen-bond donors (Lipinski definition) is 2. The van der Waals surface area contributed by atoms with Crippen LogP contribution in [-0.4, -0.2) is 99.1 Å². The van der Waals surface area contributed by atoms with Gasteiger partial charge in [-0.15, -0.1) is 0 Å². The largest absolute Gasteiger partial charge is 0.377 e. The third kappa shape index (κ3) is 5.34. The van der Waals surface area contributed by atoms with Crippen molar-refractivity contribution in [3.05, 3.63) is 0 Å². The fourth-order valence-corrected chi connectivity index (χ4v) is 2.35. The molecule has 0 atom stereocenters. The molecule has 2 saturated heterocycles. The average molecular weight is 342 g/mol. The number of hydrogen-bond acceptors (Lipinski definition) is 8. The van der Waals surface area contributed by atoms with Gasteiger partial charge in [-0.2, -0.15) is 0 Å². The molecule has 0 bridgehead atoms. The quantitative estimate of drug-likeness (QED) is 0.335. The van der Waals surface area contributed by atoms with Crippen LogP contribution < -0.4 is 10.6 Å². The SMILES string of the molecule is O=C1CNCC(=O)N1CCOCCOCCN1C(=O)CNCC1=O. The minimum absolute atomic E-state index is 0.165. The van der Waals surface area contributed by atoms with E-state index in [4.69, 9.17) is 9.47 Å². The van der Waals surface area contributed by atoms with Crippen molar-refractivity contribution in [1.29, 1.82) is 0 Å². The van der Waals surface area contributed by atoms with E-state index in [1.54, 1.807) is 0 Å². The van der Waals surface area contributed by atoms with Crippen LogP contribution in [0.25, 0.3) is 0 Å². The Balaban J connectivity index is 1.49. The fourth-order valence-electron chi connectivity index (χ4n) is 2.35. The Morgan fingerprint density at radius 2 is 0.958 bits per heavy atom. The summed E-state index contributed by atoms with van der Waals surface area (Å²) in [7, 11) is 0.